The summed E-state index contributed by atoms with van der Waals surface area (Å²) < 4.78 is 5.40. The zero-order chi connectivity index (χ0) is 14.8. The highest BCUT2D eigenvalue weighted by molar-refractivity contribution is 7.09. The Kier molecular flexibility index (Phi) is 3.68. The van der Waals surface area contributed by atoms with Gasteiger partial charge in [0.1, 0.15) is 11.2 Å². The lowest BCUT2D eigenvalue weighted by Gasteiger charge is -2.02. The number of amides is 1. The zero-order valence-corrected chi connectivity index (χ0v) is 12.2. The van der Waals surface area contributed by atoms with Gasteiger partial charge in [-0.05, 0) is 24.7 Å². The molecule has 0 aliphatic heterocycles. The molecule has 3 rings (SSSR count). The van der Waals surface area contributed by atoms with Crippen molar-refractivity contribution >= 4 is 34.0 Å². The Labute approximate surface area is 125 Å². The Hall–Kier alpha value is -2.25. The second kappa shape index (κ2) is 5.63. The van der Waals surface area contributed by atoms with Gasteiger partial charge in [0.2, 0.25) is 0 Å². The van der Waals surface area contributed by atoms with E-state index in [1.54, 1.807) is 30.5 Å². The van der Waals surface area contributed by atoms with Crippen LogP contribution < -0.4 is 11.1 Å². The summed E-state index contributed by atoms with van der Waals surface area (Å²) in [5, 5.41) is 5.41. The molecule has 2 aromatic heterocycles. The molecular weight excluding hydrogens is 288 g/mol. The maximum atomic E-state index is 12.1. The van der Waals surface area contributed by atoms with Crippen molar-refractivity contribution in [2.45, 2.75) is 13.3 Å². The number of nitrogens with two attached hydrogens (primary N) is 1. The Bertz CT molecular complexity index is 793. The summed E-state index contributed by atoms with van der Waals surface area (Å²) in [6.45, 7) is 2.31. The number of hydrogen-bond acceptors (Lipinski definition) is 6. The summed E-state index contributed by atoms with van der Waals surface area (Å²) in [5.74, 6) is 0.355. The van der Waals surface area contributed by atoms with Gasteiger partial charge in [-0.25, -0.2) is 9.97 Å². The van der Waals surface area contributed by atoms with Crippen molar-refractivity contribution in [2.24, 2.45) is 5.73 Å². The number of hydrogen-bond donors (Lipinski definition) is 2. The number of carbonyl (C=O) groups is 1. The number of aryl methyl sites for hydroxylation is 1. The van der Waals surface area contributed by atoms with E-state index in [0.717, 1.165) is 5.01 Å². The number of fused-ring (bicyclic) bond motifs is 1. The molecule has 2 heterocycles. The Morgan fingerprint density at radius 3 is 3.10 bits per heavy atom. The first-order valence-electron chi connectivity index (χ1n) is 6.49. The van der Waals surface area contributed by atoms with E-state index in [1.165, 1.54) is 11.3 Å². The highest BCUT2D eigenvalue weighted by atomic mass is 32.1. The second-order valence-corrected chi connectivity index (χ2v) is 5.48. The fraction of sp³-hybridized carbons (Fsp3) is 0.214. The van der Waals surface area contributed by atoms with Gasteiger partial charge >= 0.3 is 0 Å². The van der Waals surface area contributed by atoms with Crippen molar-refractivity contribution in [3.8, 4) is 0 Å². The molecule has 7 heteroatoms. The standard InChI is InChI=1S/C14H14N4O2S/c1-8-16-10-6-9(2-3-12(10)20-8)17-14(19)11-7-21-13(18-11)4-5-15/h2-3,6-7H,4-5,15H2,1H3,(H,17,19). The number of benzene rings is 1. The third-order valence-electron chi connectivity index (χ3n) is 2.89. The van der Waals surface area contributed by atoms with Gasteiger partial charge < -0.3 is 15.5 Å². The molecule has 1 amide bonds. The van der Waals surface area contributed by atoms with Crippen LogP contribution in [0.15, 0.2) is 28.0 Å². The van der Waals surface area contributed by atoms with Crippen LogP contribution in [0, 0.1) is 6.92 Å². The molecular formula is C14H14N4O2S. The van der Waals surface area contributed by atoms with Crippen LogP contribution in [0.5, 0.6) is 0 Å². The highest BCUT2D eigenvalue weighted by Gasteiger charge is 2.12. The van der Waals surface area contributed by atoms with Crippen LogP contribution >= 0.6 is 11.3 Å². The van der Waals surface area contributed by atoms with Gasteiger partial charge in [-0.3, -0.25) is 4.79 Å². The molecule has 0 radical (unpaired) electrons. The largest absolute Gasteiger partial charge is 0.441 e. The van der Waals surface area contributed by atoms with Crippen LogP contribution in [-0.4, -0.2) is 22.4 Å². The molecule has 0 fully saturated rings. The van der Waals surface area contributed by atoms with E-state index in [2.05, 4.69) is 15.3 Å². The maximum Gasteiger partial charge on any atom is 0.275 e. The Morgan fingerprint density at radius 2 is 2.29 bits per heavy atom. The second-order valence-electron chi connectivity index (χ2n) is 4.53. The molecule has 0 aliphatic carbocycles. The van der Waals surface area contributed by atoms with Gasteiger partial charge in [0.25, 0.3) is 5.91 Å². The van der Waals surface area contributed by atoms with Crippen LogP contribution in [-0.2, 0) is 6.42 Å². The van der Waals surface area contributed by atoms with E-state index in [9.17, 15) is 4.79 Å². The molecule has 6 nitrogen and oxygen atoms in total. The quantitative estimate of drug-likeness (QED) is 0.771. The van der Waals surface area contributed by atoms with Crippen molar-refractivity contribution in [1.82, 2.24) is 9.97 Å². The van der Waals surface area contributed by atoms with E-state index in [0.29, 0.717) is 41.3 Å². The number of thiazole rings is 1. The van der Waals surface area contributed by atoms with Crippen LogP contribution in [0.1, 0.15) is 21.4 Å². The fourth-order valence-corrected chi connectivity index (χ4v) is 2.76. The minimum Gasteiger partial charge on any atom is -0.441 e. The molecule has 21 heavy (non-hydrogen) atoms. The van der Waals surface area contributed by atoms with Crippen LogP contribution in [0.3, 0.4) is 0 Å². The summed E-state index contributed by atoms with van der Waals surface area (Å²) in [4.78, 5) is 20.6. The number of rotatable bonds is 4. The highest BCUT2D eigenvalue weighted by Crippen LogP contribution is 2.20. The van der Waals surface area contributed by atoms with E-state index in [1.807, 2.05) is 0 Å². The van der Waals surface area contributed by atoms with Crippen LogP contribution in [0.4, 0.5) is 5.69 Å². The summed E-state index contributed by atoms with van der Waals surface area (Å²) in [7, 11) is 0. The topological polar surface area (TPSA) is 94.0 Å². The number of nitrogens with one attached hydrogen (secondary N) is 1. The SMILES string of the molecule is Cc1nc2cc(NC(=O)c3csc(CCN)n3)ccc2o1. The monoisotopic (exact) mass is 302 g/mol. The summed E-state index contributed by atoms with van der Waals surface area (Å²) >= 11 is 1.44. The Morgan fingerprint density at radius 1 is 1.43 bits per heavy atom. The third-order valence-corrected chi connectivity index (χ3v) is 3.80. The first-order chi connectivity index (χ1) is 10.2. The number of carbonyl (C=O) groups excluding carboxylic acids is 1. The van der Waals surface area contributed by atoms with Crippen molar-refractivity contribution in [1.29, 1.82) is 0 Å². The fourth-order valence-electron chi connectivity index (χ4n) is 1.97. The average Bonchev–Trinajstić information content (AvgIpc) is 3.04. The lowest BCUT2D eigenvalue weighted by molar-refractivity contribution is 0.102. The van der Waals surface area contributed by atoms with E-state index in [4.69, 9.17) is 10.2 Å². The predicted molar refractivity (Wildman–Crippen MR) is 81.6 cm³/mol. The van der Waals surface area contributed by atoms with Gasteiger partial charge in [0, 0.05) is 24.4 Å². The minimum absolute atomic E-state index is 0.242. The van der Waals surface area contributed by atoms with E-state index >= 15 is 0 Å². The molecule has 108 valence electrons. The molecule has 0 atom stereocenters. The number of nitrogens with zero attached hydrogens (tertiary/aromatic N) is 2. The molecule has 1 aromatic carbocycles. The molecule has 0 spiro atoms. The average molecular weight is 302 g/mol. The summed E-state index contributed by atoms with van der Waals surface area (Å²) in [5.41, 5.74) is 7.95. The maximum absolute atomic E-state index is 12.1. The summed E-state index contributed by atoms with van der Waals surface area (Å²) in [6.07, 6.45) is 0.683. The lowest BCUT2D eigenvalue weighted by Crippen LogP contribution is -2.12. The number of oxazole rings is 1. The third kappa shape index (κ3) is 2.93. The van der Waals surface area contributed by atoms with Gasteiger partial charge in [0.15, 0.2) is 11.5 Å². The normalized spacial score (nSPS) is 11.0. The number of anilines is 1. The molecule has 3 N–H and O–H groups in total. The van der Waals surface area contributed by atoms with Crippen molar-refractivity contribution < 1.29 is 9.21 Å². The molecule has 0 saturated carbocycles. The molecule has 0 saturated heterocycles. The van der Waals surface area contributed by atoms with Gasteiger partial charge in [0.05, 0.1) is 5.01 Å². The van der Waals surface area contributed by atoms with Crippen molar-refractivity contribution in [3.63, 3.8) is 0 Å². The lowest BCUT2D eigenvalue weighted by atomic mass is 10.3. The first-order valence-corrected chi connectivity index (χ1v) is 7.36. The minimum atomic E-state index is -0.242. The summed E-state index contributed by atoms with van der Waals surface area (Å²) in [6, 6.07) is 5.33. The molecule has 0 unspecified atom stereocenters. The predicted octanol–water partition coefficient (Wildman–Crippen LogP) is 2.35. The number of aromatic nitrogens is 2. The van der Waals surface area contributed by atoms with Crippen LogP contribution in [0.25, 0.3) is 11.1 Å². The van der Waals surface area contributed by atoms with Crippen LogP contribution in [0.2, 0.25) is 0 Å². The van der Waals surface area contributed by atoms with Gasteiger partial charge in [-0.2, -0.15) is 0 Å². The molecule has 0 aliphatic rings. The smallest absolute Gasteiger partial charge is 0.275 e. The van der Waals surface area contributed by atoms with Gasteiger partial charge in [-0.15, -0.1) is 11.3 Å². The van der Waals surface area contributed by atoms with Gasteiger partial charge in [-0.1, -0.05) is 0 Å². The molecule has 3 aromatic rings. The van der Waals surface area contributed by atoms with E-state index < -0.39 is 0 Å². The van der Waals surface area contributed by atoms with Crippen molar-refractivity contribution in [3.05, 3.63) is 40.2 Å². The zero-order valence-electron chi connectivity index (χ0n) is 11.4. The Balaban J connectivity index is 1.78. The molecule has 0 bridgehead atoms. The van der Waals surface area contributed by atoms with E-state index in [-0.39, 0.29) is 5.91 Å². The van der Waals surface area contributed by atoms with Crippen molar-refractivity contribution in [2.75, 3.05) is 11.9 Å². The first kappa shape index (κ1) is 13.7.